The number of benzene rings is 3. The number of aryl methyl sites for hydroxylation is 1. The van der Waals surface area contributed by atoms with Crippen molar-refractivity contribution in [3.63, 3.8) is 0 Å². The number of aliphatic hydroxyl groups is 3. The quantitative estimate of drug-likeness (QED) is 0.0393. The van der Waals surface area contributed by atoms with Gasteiger partial charge in [-0.2, -0.15) is 8.42 Å². The molecule has 5 aliphatic heterocycles. The Hall–Kier alpha value is -4.42. The molecule has 65 heavy (non-hydrogen) atoms. The summed E-state index contributed by atoms with van der Waals surface area (Å²) in [6, 6.07) is 18.9. The number of phenols is 1. The van der Waals surface area contributed by atoms with E-state index in [1.165, 1.54) is 0 Å². The first-order valence-corrected chi connectivity index (χ1v) is 25.3. The van der Waals surface area contributed by atoms with Crippen LogP contribution in [0.1, 0.15) is 142 Å². The first-order chi connectivity index (χ1) is 31.2. The minimum absolute atomic E-state index is 0.0725. The van der Waals surface area contributed by atoms with Crippen LogP contribution < -0.4 is 16.2 Å². The maximum Gasteiger partial charge on any atom is 0.268 e. The van der Waals surface area contributed by atoms with Gasteiger partial charge in [0.05, 0.1) is 17.0 Å². The standard InChI is InChI=1S/C52H65N3O9S/c1-31-8-9-35-25-41-15-17-43(35)45(31)28-47(65(60,61)62)46-27-37-23-36(26-42-22-32(30-57)6-5-7-34-24-40(58)14-16-44(34)49(37)63-42)48(46)33-10-12-38(13-11-33)52(64-41,55-50(53)54)29-39(18-21-56)51(59)19-3-2-4-20-51/h10-17,24-25,27,31-32,36,39,42,45-49,56-59H,2-4,6,8-9,18-23,26,28-30H2,1H3,(H4,53,54,55)(H,60,61,62). The van der Waals surface area contributed by atoms with Crippen molar-refractivity contribution in [2.45, 2.75) is 137 Å². The summed E-state index contributed by atoms with van der Waals surface area (Å²) in [6.45, 7) is 1.95. The maximum atomic E-state index is 14.2. The number of aliphatic imine (C=N–C) groups is 1. The van der Waals surface area contributed by atoms with E-state index in [4.69, 9.17) is 25.9 Å². The lowest BCUT2D eigenvalue weighted by Gasteiger charge is -2.43. The lowest BCUT2D eigenvalue weighted by molar-refractivity contribution is -0.0853. The Morgan fingerprint density at radius 2 is 1.75 bits per heavy atom. The molecule has 2 fully saturated rings. The molecule has 0 spiro atoms. The number of nitrogens with zero attached hydrogens (tertiary/aromatic N) is 1. The van der Waals surface area contributed by atoms with E-state index in [0.717, 1.165) is 59.9 Å². The Balaban J connectivity index is 1.26. The van der Waals surface area contributed by atoms with E-state index in [1.54, 1.807) is 12.1 Å². The molecule has 11 unspecified atom stereocenters. The zero-order valence-corrected chi connectivity index (χ0v) is 38.1. The van der Waals surface area contributed by atoms with Crippen molar-refractivity contribution in [1.29, 1.82) is 0 Å². The van der Waals surface area contributed by atoms with E-state index in [0.29, 0.717) is 61.8 Å². The van der Waals surface area contributed by atoms with E-state index >= 15 is 0 Å². The number of phenolic OH excluding ortho intramolecular Hbond substituents is 1. The Morgan fingerprint density at radius 1 is 0.985 bits per heavy atom. The van der Waals surface area contributed by atoms with Gasteiger partial charge in [-0.1, -0.05) is 80.5 Å². The number of nitrogens with two attached hydrogens (primary N) is 2. The van der Waals surface area contributed by atoms with Crippen LogP contribution in [0.3, 0.4) is 0 Å². The van der Waals surface area contributed by atoms with Gasteiger partial charge in [0.2, 0.25) is 5.72 Å². The summed E-state index contributed by atoms with van der Waals surface area (Å²) < 4.78 is 54.2. The van der Waals surface area contributed by atoms with Gasteiger partial charge in [-0.05, 0) is 140 Å². The van der Waals surface area contributed by atoms with Crippen molar-refractivity contribution in [3.8, 4) is 23.3 Å². The van der Waals surface area contributed by atoms with Gasteiger partial charge >= 0.3 is 0 Å². The normalized spacial score (nSPS) is 32.0. The molecule has 9 N–H and O–H groups in total. The fourth-order valence-electron chi connectivity index (χ4n) is 12.8. The molecule has 3 aliphatic carbocycles. The van der Waals surface area contributed by atoms with Crippen molar-refractivity contribution in [1.82, 2.24) is 0 Å². The van der Waals surface area contributed by atoms with E-state index in [9.17, 15) is 33.4 Å². The predicted molar refractivity (Wildman–Crippen MR) is 248 cm³/mol. The average molecular weight is 908 g/mol. The molecule has 3 aromatic rings. The highest BCUT2D eigenvalue weighted by Crippen LogP contribution is 2.55. The van der Waals surface area contributed by atoms with Gasteiger partial charge in [0, 0.05) is 48.7 Å². The number of aliphatic hydroxyl groups excluding tert-OH is 2. The number of hydrogen-bond donors (Lipinski definition) is 7. The highest BCUT2D eigenvalue weighted by atomic mass is 32.2. The molecule has 0 amide bonds. The van der Waals surface area contributed by atoms with Gasteiger partial charge in [-0.25, -0.2) is 4.99 Å². The molecular weight excluding hydrogens is 843 g/mol. The summed E-state index contributed by atoms with van der Waals surface area (Å²) >= 11 is 0. The molecule has 10 bridgehead atoms. The van der Waals surface area contributed by atoms with Crippen LogP contribution in [0.4, 0.5) is 0 Å². The number of rotatable bonds is 8. The highest BCUT2D eigenvalue weighted by molar-refractivity contribution is 7.86. The summed E-state index contributed by atoms with van der Waals surface area (Å²) in [4.78, 5) is 4.92. The van der Waals surface area contributed by atoms with Crippen LogP contribution in [0.25, 0.3) is 0 Å². The van der Waals surface area contributed by atoms with Crippen LogP contribution in [-0.4, -0.2) is 69.5 Å². The second kappa shape index (κ2) is 18.3. The van der Waals surface area contributed by atoms with E-state index in [1.807, 2.05) is 48.5 Å². The second-order valence-electron chi connectivity index (χ2n) is 20.1. The summed E-state index contributed by atoms with van der Waals surface area (Å²) in [6.07, 6.45) is 9.49. The van der Waals surface area contributed by atoms with Gasteiger partial charge < -0.3 is 41.4 Å². The Bertz CT molecular complexity index is 2470. The number of allylic oxidation sites excluding steroid dienone is 1. The molecule has 5 heterocycles. The number of guanidine groups is 1. The largest absolute Gasteiger partial charge is 0.508 e. The molecule has 13 heteroatoms. The fourth-order valence-corrected chi connectivity index (χ4v) is 13.9. The molecule has 11 rings (SSSR count). The first kappa shape index (κ1) is 45.7. The van der Waals surface area contributed by atoms with Crippen molar-refractivity contribution < 1.29 is 42.9 Å². The molecule has 0 aromatic heterocycles. The van der Waals surface area contributed by atoms with Gasteiger partial charge in [0.1, 0.15) is 17.6 Å². The molecule has 8 aliphatic rings. The van der Waals surface area contributed by atoms with Gasteiger partial charge in [0.25, 0.3) is 10.1 Å². The molecule has 3 aromatic carbocycles. The Labute approximate surface area is 383 Å². The minimum Gasteiger partial charge on any atom is -0.508 e. The Morgan fingerprint density at radius 3 is 2.48 bits per heavy atom. The number of hydrogen-bond acceptors (Lipinski definition) is 9. The van der Waals surface area contributed by atoms with Gasteiger partial charge in [-0.15, -0.1) is 0 Å². The minimum atomic E-state index is -4.66. The highest BCUT2D eigenvalue weighted by Gasteiger charge is 2.50. The van der Waals surface area contributed by atoms with Gasteiger partial charge in [0.15, 0.2) is 5.96 Å². The van der Waals surface area contributed by atoms with Crippen LogP contribution in [-0.2, 0) is 27.0 Å². The molecule has 1 saturated heterocycles. The van der Waals surface area contributed by atoms with Crippen LogP contribution in [0.2, 0.25) is 0 Å². The predicted octanol–water partition coefficient (Wildman–Crippen LogP) is 7.24. The zero-order chi connectivity index (χ0) is 45.7. The molecule has 1 saturated carbocycles. The fraction of sp³-hybridized carbons (Fsp3) is 0.558. The van der Waals surface area contributed by atoms with E-state index < -0.39 is 44.6 Å². The van der Waals surface area contributed by atoms with Crippen LogP contribution in [0.15, 0.2) is 77.3 Å². The molecule has 0 radical (unpaired) electrons. The second-order valence-corrected chi connectivity index (χ2v) is 21.8. The van der Waals surface area contributed by atoms with Crippen molar-refractivity contribution in [2.75, 3.05) is 13.2 Å². The van der Waals surface area contributed by atoms with Crippen LogP contribution in [0, 0.1) is 41.4 Å². The lowest BCUT2D eigenvalue weighted by Crippen LogP contribution is -2.46. The smallest absolute Gasteiger partial charge is 0.268 e. The van der Waals surface area contributed by atoms with Crippen molar-refractivity contribution >= 4 is 16.1 Å². The SMILES string of the molecule is CC1CCc2cc3ccc2C1CC(S(=O)(=O)O)C1C=C2CC(CC4CC(CO)CC#Cc5cc(O)ccc5C2O4)C1c1ccc(cc1)C(CC(CCO)C1(O)CCCCC1)(N=C(N)N)O3. The monoisotopic (exact) mass is 907 g/mol. The summed E-state index contributed by atoms with van der Waals surface area (Å²) in [7, 11) is -4.66. The summed E-state index contributed by atoms with van der Waals surface area (Å²) in [5, 5.41) is 42.7. The average Bonchev–Trinajstić information content (AvgIpc) is 3.40. The van der Waals surface area contributed by atoms with Crippen LogP contribution in [0.5, 0.6) is 11.5 Å². The number of fused-ring (bicyclic) bond motifs is 9. The number of aromatic hydroxyl groups is 1. The number of ether oxygens (including phenoxy) is 2. The molecular formula is C52H65N3O9S. The molecule has 11 atom stereocenters. The summed E-state index contributed by atoms with van der Waals surface area (Å²) in [5.74, 6) is 5.04. The maximum absolute atomic E-state index is 14.2. The molecule has 12 nitrogen and oxygen atoms in total. The third kappa shape index (κ3) is 9.19. The van der Waals surface area contributed by atoms with Crippen LogP contribution >= 0.6 is 0 Å². The third-order valence-corrected chi connectivity index (χ3v) is 17.3. The van der Waals surface area contributed by atoms with Gasteiger partial charge in [-0.3, -0.25) is 4.55 Å². The first-order valence-electron chi connectivity index (χ1n) is 23.8. The zero-order valence-electron chi connectivity index (χ0n) is 37.3. The van der Waals surface area contributed by atoms with Crippen molar-refractivity contribution in [2.24, 2.45) is 46.0 Å². The summed E-state index contributed by atoms with van der Waals surface area (Å²) in [5.41, 5.74) is 15.9. The lowest BCUT2D eigenvalue weighted by atomic mass is 9.64. The van der Waals surface area contributed by atoms with E-state index in [2.05, 4.69) is 24.8 Å². The molecule has 348 valence electrons. The third-order valence-electron chi connectivity index (χ3n) is 16.0. The van der Waals surface area contributed by atoms with E-state index in [-0.39, 0.29) is 73.5 Å². The Kier molecular flexibility index (Phi) is 12.9. The van der Waals surface area contributed by atoms with Crippen molar-refractivity contribution in [3.05, 3.63) is 106 Å². The topological polar surface area (TPSA) is 218 Å².